The number of benzene rings is 1. The van der Waals surface area contributed by atoms with E-state index in [1.807, 2.05) is 24.8 Å². The minimum absolute atomic E-state index is 0.138. The summed E-state index contributed by atoms with van der Waals surface area (Å²) in [5.41, 5.74) is 2.51. The van der Waals surface area contributed by atoms with E-state index in [0.717, 1.165) is 37.2 Å². The fourth-order valence-corrected chi connectivity index (χ4v) is 2.35. The van der Waals surface area contributed by atoms with Crippen molar-refractivity contribution in [1.29, 1.82) is 5.26 Å². The largest absolute Gasteiger partial charge is 0.374 e. The lowest BCUT2D eigenvalue weighted by molar-refractivity contribution is -0.130. The molecule has 1 saturated heterocycles. The van der Waals surface area contributed by atoms with E-state index in [4.69, 9.17) is 5.26 Å². The van der Waals surface area contributed by atoms with Crippen molar-refractivity contribution in [2.24, 2.45) is 0 Å². The van der Waals surface area contributed by atoms with Crippen LogP contribution in [0.1, 0.15) is 30.9 Å². The smallest absolute Gasteiger partial charge is 0.244 e. The van der Waals surface area contributed by atoms with Gasteiger partial charge in [0.05, 0.1) is 11.6 Å². The molecule has 4 heteroatoms. The van der Waals surface area contributed by atoms with Gasteiger partial charge in [0.15, 0.2) is 0 Å². The maximum absolute atomic E-state index is 12.2. The van der Waals surface area contributed by atoms with Gasteiger partial charge in [-0.15, -0.1) is 0 Å². The molecule has 100 valence electrons. The molecule has 2 rings (SSSR count). The highest BCUT2D eigenvalue weighted by Crippen LogP contribution is 2.18. The zero-order valence-corrected chi connectivity index (χ0v) is 11.4. The van der Waals surface area contributed by atoms with E-state index in [2.05, 4.69) is 11.4 Å². The fraction of sp³-hybridized carbons (Fsp3) is 0.467. The van der Waals surface area contributed by atoms with Crippen LogP contribution in [0.2, 0.25) is 0 Å². The predicted molar refractivity (Wildman–Crippen MR) is 74.8 cm³/mol. The van der Waals surface area contributed by atoms with Gasteiger partial charge in [-0.25, -0.2) is 0 Å². The number of hydrogen-bond donors (Lipinski definition) is 1. The number of anilines is 1. The molecular formula is C15H19N3O. The number of nitrogens with zero attached hydrogens (tertiary/aromatic N) is 2. The van der Waals surface area contributed by atoms with Crippen LogP contribution in [0, 0.1) is 18.3 Å². The summed E-state index contributed by atoms with van der Waals surface area (Å²) in [5, 5.41) is 12.1. The van der Waals surface area contributed by atoms with Crippen LogP contribution in [0.15, 0.2) is 18.2 Å². The third-order valence-corrected chi connectivity index (χ3v) is 3.53. The summed E-state index contributed by atoms with van der Waals surface area (Å²) < 4.78 is 0. The van der Waals surface area contributed by atoms with Crippen molar-refractivity contribution >= 4 is 11.6 Å². The number of nitriles is 1. The topological polar surface area (TPSA) is 56.1 Å². The average molecular weight is 257 g/mol. The Balaban J connectivity index is 2.07. The van der Waals surface area contributed by atoms with Crippen LogP contribution in [0.5, 0.6) is 0 Å². The second-order valence-electron chi connectivity index (χ2n) is 5.04. The van der Waals surface area contributed by atoms with Crippen molar-refractivity contribution in [3.8, 4) is 6.07 Å². The monoisotopic (exact) mass is 257 g/mol. The molecule has 1 heterocycles. The Labute approximate surface area is 114 Å². The Morgan fingerprint density at radius 2 is 2.11 bits per heavy atom. The lowest BCUT2D eigenvalue weighted by atomic mass is 10.1. The number of aryl methyl sites for hydroxylation is 1. The van der Waals surface area contributed by atoms with E-state index >= 15 is 0 Å². The first-order valence-electron chi connectivity index (χ1n) is 6.68. The lowest BCUT2D eigenvalue weighted by Crippen LogP contribution is -2.39. The van der Waals surface area contributed by atoms with E-state index in [9.17, 15) is 4.79 Å². The molecule has 0 saturated carbocycles. The second-order valence-corrected chi connectivity index (χ2v) is 5.04. The van der Waals surface area contributed by atoms with E-state index in [1.165, 1.54) is 0 Å². The van der Waals surface area contributed by atoms with Gasteiger partial charge < -0.3 is 10.2 Å². The Kier molecular flexibility index (Phi) is 4.06. The van der Waals surface area contributed by atoms with Crippen LogP contribution >= 0.6 is 0 Å². The fourth-order valence-electron chi connectivity index (χ4n) is 2.35. The summed E-state index contributed by atoms with van der Waals surface area (Å²) in [6, 6.07) is 7.33. The molecule has 1 unspecified atom stereocenters. The number of rotatable bonds is 3. The predicted octanol–water partition coefficient (Wildman–Crippen LogP) is 2.29. The van der Waals surface area contributed by atoms with E-state index in [-0.39, 0.29) is 11.9 Å². The standard InChI is InChI=1S/C15H19N3O/c1-11-5-6-13(10-16)9-14(11)17-12(2)15(19)18-7-3-4-8-18/h5-6,9,12,17H,3-4,7-8H2,1-2H3. The first-order chi connectivity index (χ1) is 9.11. The van der Waals surface area contributed by atoms with Gasteiger partial charge in [0, 0.05) is 18.8 Å². The molecule has 4 nitrogen and oxygen atoms in total. The Morgan fingerprint density at radius 1 is 1.42 bits per heavy atom. The molecule has 1 amide bonds. The molecule has 1 aromatic carbocycles. The summed E-state index contributed by atoms with van der Waals surface area (Å²) in [6.07, 6.45) is 2.20. The summed E-state index contributed by atoms with van der Waals surface area (Å²) in [4.78, 5) is 14.1. The second kappa shape index (κ2) is 5.75. The molecule has 1 aliphatic heterocycles. The molecule has 0 spiro atoms. The Morgan fingerprint density at radius 3 is 2.74 bits per heavy atom. The summed E-state index contributed by atoms with van der Waals surface area (Å²) in [6.45, 7) is 5.57. The van der Waals surface area contributed by atoms with Crippen LogP contribution in [-0.4, -0.2) is 29.9 Å². The maximum Gasteiger partial charge on any atom is 0.244 e. The molecule has 1 N–H and O–H groups in total. The number of amides is 1. The summed E-state index contributed by atoms with van der Waals surface area (Å²) in [5.74, 6) is 0.138. The van der Waals surface area contributed by atoms with E-state index in [0.29, 0.717) is 5.56 Å². The molecule has 0 bridgehead atoms. The SMILES string of the molecule is Cc1ccc(C#N)cc1NC(C)C(=O)N1CCCC1. The highest BCUT2D eigenvalue weighted by Gasteiger charge is 2.23. The van der Waals surface area contributed by atoms with Gasteiger partial charge in [-0.1, -0.05) is 6.07 Å². The molecule has 0 aromatic heterocycles. The molecule has 1 aliphatic rings. The Hall–Kier alpha value is -2.02. The van der Waals surface area contributed by atoms with E-state index < -0.39 is 0 Å². The van der Waals surface area contributed by atoms with Gasteiger partial charge in [-0.05, 0) is 44.4 Å². The number of hydrogen-bond acceptors (Lipinski definition) is 3. The van der Waals surface area contributed by atoms with Crippen molar-refractivity contribution in [2.45, 2.75) is 32.7 Å². The normalized spacial score (nSPS) is 15.9. The van der Waals surface area contributed by atoms with Crippen LogP contribution in [0.25, 0.3) is 0 Å². The molecule has 19 heavy (non-hydrogen) atoms. The van der Waals surface area contributed by atoms with Gasteiger partial charge in [0.2, 0.25) is 5.91 Å². The highest BCUT2D eigenvalue weighted by atomic mass is 16.2. The number of carbonyl (C=O) groups is 1. The van der Waals surface area contributed by atoms with Crippen molar-refractivity contribution in [3.05, 3.63) is 29.3 Å². The van der Waals surface area contributed by atoms with Crippen LogP contribution in [-0.2, 0) is 4.79 Å². The minimum atomic E-state index is -0.259. The first kappa shape index (κ1) is 13.4. The average Bonchev–Trinajstić information content (AvgIpc) is 2.94. The molecule has 0 radical (unpaired) electrons. The van der Waals surface area contributed by atoms with E-state index in [1.54, 1.807) is 12.1 Å². The minimum Gasteiger partial charge on any atom is -0.374 e. The number of likely N-dealkylation sites (tertiary alicyclic amines) is 1. The molecule has 1 aromatic rings. The molecule has 1 fully saturated rings. The van der Waals surface area contributed by atoms with Gasteiger partial charge in [0.25, 0.3) is 0 Å². The van der Waals surface area contributed by atoms with Crippen molar-refractivity contribution < 1.29 is 4.79 Å². The summed E-state index contributed by atoms with van der Waals surface area (Å²) in [7, 11) is 0. The molecular weight excluding hydrogens is 238 g/mol. The van der Waals surface area contributed by atoms with Gasteiger partial charge in [0.1, 0.15) is 6.04 Å². The first-order valence-corrected chi connectivity index (χ1v) is 6.68. The number of carbonyl (C=O) groups excluding carboxylic acids is 1. The van der Waals surface area contributed by atoms with Gasteiger partial charge in [-0.3, -0.25) is 4.79 Å². The van der Waals surface area contributed by atoms with Crippen molar-refractivity contribution in [1.82, 2.24) is 4.90 Å². The van der Waals surface area contributed by atoms with Crippen LogP contribution in [0.4, 0.5) is 5.69 Å². The Bertz CT molecular complexity index is 513. The maximum atomic E-state index is 12.2. The van der Waals surface area contributed by atoms with Crippen LogP contribution in [0.3, 0.4) is 0 Å². The third-order valence-electron chi connectivity index (χ3n) is 3.53. The molecule has 1 atom stereocenters. The zero-order valence-electron chi connectivity index (χ0n) is 11.4. The highest BCUT2D eigenvalue weighted by molar-refractivity contribution is 5.84. The summed E-state index contributed by atoms with van der Waals surface area (Å²) >= 11 is 0. The quantitative estimate of drug-likeness (QED) is 0.904. The van der Waals surface area contributed by atoms with Gasteiger partial charge in [-0.2, -0.15) is 5.26 Å². The van der Waals surface area contributed by atoms with Gasteiger partial charge >= 0.3 is 0 Å². The van der Waals surface area contributed by atoms with Crippen molar-refractivity contribution in [2.75, 3.05) is 18.4 Å². The van der Waals surface area contributed by atoms with Crippen molar-refractivity contribution in [3.63, 3.8) is 0 Å². The number of nitrogens with one attached hydrogen (secondary N) is 1. The lowest BCUT2D eigenvalue weighted by Gasteiger charge is -2.22. The third kappa shape index (κ3) is 3.05. The van der Waals surface area contributed by atoms with Crippen LogP contribution < -0.4 is 5.32 Å². The zero-order chi connectivity index (χ0) is 13.8. The molecule has 0 aliphatic carbocycles.